The van der Waals surface area contributed by atoms with Gasteiger partial charge in [0.05, 0.1) is 11.5 Å². The van der Waals surface area contributed by atoms with Crippen LogP contribution < -0.4 is 9.64 Å². The smallest absolute Gasteiger partial charge is 0.236 e. The third-order valence-corrected chi connectivity index (χ3v) is 6.05. The zero-order valence-corrected chi connectivity index (χ0v) is 19.2. The summed E-state index contributed by atoms with van der Waals surface area (Å²) in [7, 11) is 0. The fourth-order valence-corrected chi connectivity index (χ4v) is 4.87. The SMILES string of the molecule is CCC1C(=O)N(C(CC)CC)c2nc(C)cc(Oc3c(C)cc(Br)cc3C)c21. The normalized spacial score (nSPS) is 16.1. The van der Waals surface area contributed by atoms with Crippen molar-refractivity contribution in [2.75, 3.05) is 4.90 Å². The molecule has 1 aliphatic rings. The van der Waals surface area contributed by atoms with Gasteiger partial charge in [0.25, 0.3) is 0 Å². The lowest BCUT2D eigenvalue weighted by molar-refractivity contribution is -0.119. The lowest BCUT2D eigenvalue weighted by atomic mass is 9.98. The first-order valence-electron chi connectivity index (χ1n) is 10.1. The molecule has 1 atom stereocenters. The summed E-state index contributed by atoms with van der Waals surface area (Å²) in [4.78, 5) is 20.0. The van der Waals surface area contributed by atoms with E-state index < -0.39 is 0 Å². The van der Waals surface area contributed by atoms with Crippen molar-refractivity contribution >= 4 is 27.7 Å². The van der Waals surface area contributed by atoms with Crippen molar-refractivity contribution in [2.45, 2.75) is 72.8 Å². The van der Waals surface area contributed by atoms with E-state index in [2.05, 4.69) is 48.8 Å². The van der Waals surface area contributed by atoms with E-state index in [0.29, 0.717) is 0 Å². The van der Waals surface area contributed by atoms with Crippen molar-refractivity contribution in [3.63, 3.8) is 0 Å². The summed E-state index contributed by atoms with van der Waals surface area (Å²) >= 11 is 3.55. The number of hydrogen-bond acceptors (Lipinski definition) is 3. The molecule has 150 valence electrons. The Labute approximate surface area is 176 Å². The minimum atomic E-state index is -0.199. The summed E-state index contributed by atoms with van der Waals surface area (Å²) in [6.07, 6.45) is 2.56. The van der Waals surface area contributed by atoms with Crippen LogP contribution >= 0.6 is 15.9 Å². The summed E-state index contributed by atoms with van der Waals surface area (Å²) in [5.41, 5.74) is 3.92. The number of aryl methyl sites for hydroxylation is 3. The fourth-order valence-electron chi connectivity index (χ4n) is 4.18. The summed E-state index contributed by atoms with van der Waals surface area (Å²) < 4.78 is 7.49. The molecule has 1 amide bonds. The van der Waals surface area contributed by atoms with Gasteiger partial charge >= 0.3 is 0 Å². The van der Waals surface area contributed by atoms with Crippen LogP contribution in [0.2, 0.25) is 0 Å². The minimum absolute atomic E-state index is 0.151. The monoisotopic (exact) mass is 444 g/mol. The predicted molar refractivity (Wildman–Crippen MR) is 118 cm³/mol. The molecular weight excluding hydrogens is 416 g/mol. The Morgan fingerprint density at radius 3 is 2.25 bits per heavy atom. The number of amides is 1. The lowest BCUT2D eigenvalue weighted by Crippen LogP contribution is -2.38. The summed E-state index contributed by atoms with van der Waals surface area (Å²) in [5.74, 6) is 2.34. The molecule has 0 aliphatic carbocycles. The number of fused-ring (bicyclic) bond motifs is 1. The molecule has 0 saturated heterocycles. The molecule has 0 bridgehead atoms. The van der Waals surface area contributed by atoms with E-state index in [-0.39, 0.29) is 17.9 Å². The number of benzene rings is 1. The van der Waals surface area contributed by atoms with E-state index in [0.717, 1.165) is 63.4 Å². The Morgan fingerprint density at radius 1 is 1.11 bits per heavy atom. The van der Waals surface area contributed by atoms with E-state index in [1.165, 1.54) is 0 Å². The lowest BCUT2D eigenvalue weighted by Gasteiger charge is -2.26. The molecule has 1 aromatic carbocycles. The highest BCUT2D eigenvalue weighted by molar-refractivity contribution is 9.10. The summed E-state index contributed by atoms with van der Waals surface area (Å²) in [6.45, 7) is 12.4. The van der Waals surface area contributed by atoms with Crippen LogP contribution in [0, 0.1) is 20.8 Å². The molecule has 2 heterocycles. The van der Waals surface area contributed by atoms with Gasteiger partial charge in [-0.05, 0) is 63.3 Å². The molecule has 0 spiro atoms. The number of hydrogen-bond donors (Lipinski definition) is 0. The van der Waals surface area contributed by atoms with Crippen LogP contribution in [0.5, 0.6) is 11.5 Å². The van der Waals surface area contributed by atoms with Crippen molar-refractivity contribution in [2.24, 2.45) is 0 Å². The number of pyridine rings is 1. The predicted octanol–water partition coefficient (Wildman–Crippen LogP) is 6.59. The van der Waals surface area contributed by atoms with E-state index in [1.54, 1.807) is 0 Å². The molecule has 2 aromatic rings. The maximum absolute atomic E-state index is 13.3. The first-order chi connectivity index (χ1) is 13.3. The second kappa shape index (κ2) is 8.24. The van der Waals surface area contributed by atoms with E-state index in [4.69, 9.17) is 9.72 Å². The van der Waals surface area contributed by atoms with Gasteiger partial charge in [0.1, 0.15) is 17.3 Å². The molecule has 0 fully saturated rings. The quantitative estimate of drug-likeness (QED) is 0.504. The van der Waals surface area contributed by atoms with Crippen molar-refractivity contribution < 1.29 is 9.53 Å². The van der Waals surface area contributed by atoms with E-state index >= 15 is 0 Å². The molecule has 1 aliphatic heterocycles. The van der Waals surface area contributed by atoms with Gasteiger partial charge in [0.15, 0.2) is 0 Å². The number of nitrogens with zero attached hydrogens (tertiary/aromatic N) is 2. The molecule has 5 heteroatoms. The van der Waals surface area contributed by atoms with E-state index in [1.807, 2.05) is 31.7 Å². The number of carbonyl (C=O) groups excluding carboxylic acids is 1. The fraction of sp³-hybridized carbons (Fsp3) is 0.478. The molecule has 0 N–H and O–H groups in total. The van der Waals surface area contributed by atoms with Gasteiger partial charge in [-0.25, -0.2) is 4.98 Å². The molecule has 4 nitrogen and oxygen atoms in total. The Morgan fingerprint density at radius 2 is 1.71 bits per heavy atom. The number of anilines is 1. The second-order valence-electron chi connectivity index (χ2n) is 7.61. The molecule has 0 radical (unpaired) electrons. The van der Waals surface area contributed by atoms with Gasteiger partial charge in [0.2, 0.25) is 5.91 Å². The highest BCUT2D eigenvalue weighted by atomic mass is 79.9. The van der Waals surface area contributed by atoms with E-state index in [9.17, 15) is 4.79 Å². The van der Waals surface area contributed by atoms with Gasteiger partial charge in [-0.1, -0.05) is 36.7 Å². The van der Waals surface area contributed by atoms with Gasteiger partial charge < -0.3 is 4.74 Å². The molecule has 1 unspecified atom stereocenters. The van der Waals surface area contributed by atoms with Crippen molar-refractivity contribution in [3.8, 4) is 11.5 Å². The van der Waals surface area contributed by atoms with Crippen LogP contribution in [-0.4, -0.2) is 16.9 Å². The minimum Gasteiger partial charge on any atom is -0.456 e. The Bertz CT molecular complexity index is 883. The number of carbonyl (C=O) groups is 1. The highest BCUT2D eigenvalue weighted by Gasteiger charge is 2.42. The maximum Gasteiger partial charge on any atom is 0.236 e. The Hall–Kier alpha value is -1.88. The number of halogens is 1. The van der Waals surface area contributed by atoms with Crippen molar-refractivity contribution in [3.05, 3.63) is 45.1 Å². The highest BCUT2D eigenvalue weighted by Crippen LogP contribution is 2.47. The Balaban J connectivity index is 2.16. The third kappa shape index (κ3) is 3.57. The van der Waals surface area contributed by atoms with Crippen LogP contribution in [-0.2, 0) is 4.79 Å². The first-order valence-corrected chi connectivity index (χ1v) is 10.9. The molecule has 3 rings (SSSR count). The zero-order valence-electron chi connectivity index (χ0n) is 17.6. The summed E-state index contributed by atoms with van der Waals surface area (Å²) in [6, 6.07) is 6.23. The zero-order chi connectivity index (χ0) is 20.6. The second-order valence-corrected chi connectivity index (χ2v) is 8.52. The van der Waals surface area contributed by atoms with Gasteiger partial charge in [-0.2, -0.15) is 0 Å². The van der Waals surface area contributed by atoms with Gasteiger partial charge in [-0.15, -0.1) is 0 Å². The van der Waals surface area contributed by atoms with Crippen LogP contribution in [0.4, 0.5) is 5.82 Å². The van der Waals surface area contributed by atoms with Crippen molar-refractivity contribution in [1.82, 2.24) is 4.98 Å². The van der Waals surface area contributed by atoms with Crippen molar-refractivity contribution in [1.29, 1.82) is 0 Å². The van der Waals surface area contributed by atoms with Gasteiger partial charge in [0, 0.05) is 22.3 Å². The molecule has 0 saturated carbocycles. The van der Waals surface area contributed by atoms with Crippen LogP contribution in [0.1, 0.15) is 68.3 Å². The molecule has 28 heavy (non-hydrogen) atoms. The van der Waals surface area contributed by atoms with Crippen LogP contribution in [0.15, 0.2) is 22.7 Å². The topological polar surface area (TPSA) is 42.4 Å². The Kier molecular flexibility index (Phi) is 6.13. The number of ether oxygens (including phenoxy) is 1. The maximum atomic E-state index is 13.3. The average Bonchev–Trinajstić information content (AvgIpc) is 2.91. The third-order valence-electron chi connectivity index (χ3n) is 5.59. The van der Waals surface area contributed by atoms with Crippen LogP contribution in [0.3, 0.4) is 0 Å². The molecule has 1 aromatic heterocycles. The standard InChI is InChI=1S/C23H29BrN2O2/c1-7-17(8-2)26-22-20(18(9-3)23(26)27)19(12-15(6)25-22)28-21-13(4)10-16(24)11-14(21)5/h10-12,17-18H,7-9H2,1-6H3. The first kappa shape index (κ1) is 20.8. The van der Waals surface area contributed by atoms with Crippen LogP contribution in [0.25, 0.3) is 0 Å². The molecular formula is C23H29BrN2O2. The number of aromatic nitrogens is 1. The number of rotatable bonds is 6. The summed E-state index contributed by atoms with van der Waals surface area (Å²) in [5, 5.41) is 0. The van der Waals surface area contributed by atoms with Gasteiger partial charge in [-0.3, -0.25) is 9.69 Å². The largest absolute Gasteiger partial charge is 0.456 e. The average molecular weight is 445 g/mol.